The van der Waals surface area contributed by atoms with E-state index in [1.54, 1.807) is 6.07 Å². The molecule has 0 saturated carbocycles. The van der Waals surface area contributed by atoms with E-state index < -0.39 is 21.7 Å². The van der Waals surface area contributed by atoms with Gasteiger partial charge in [0, 0.05) is 24.3 Å². The first-order valence-electron chi connectivity index (χ1n) is 10.0. The summed E-state index contributed by atoms with van der Waals surface area (Å²) in [6, 6.07) is 16.3. The lowest BCUT2D eigenvalue weighted by Gasteiger charge is -2.09. The van der Waals surface area contributed by atoms with Gasteiger partial charge < -0.3 is 14.8 Å². The number of nitrogens with zero attached hydrogens (tertiary/aromatic N) is 3. The molecule has 0 aliphatic heterocycles. The first-order valence-corrected chi connectivity index (χ1v) is 10.0. The maximum Gasteiger partial charge on any atom is 0.343 e. The maximum atomic E-state index is 12.6. The van der Waals surface area contributed by atoms with Crippen molar-refractivity contribution in [2.45, 2.75) is 0 Å². The molecule has 3 aromatic rings. The second-order valence-electron chi connectivity index (χ2n) is 7.03. The minimum atomic E-state index is -0.822. The molecule has 3 aromatic carbocycles. The van der Waals surface area contributed by atoms with Crippen LogP contribution in [0.5, 0.6) is 11.5 Å². The van der Waals surface area contributed by atoms with E-state index in [4.69, 9.17) is 9.47 Å². The van der Waals surface area contributed by atoms with Crippen molar-refractivity contribution < 1.29 is 28.9 Å². The normalized spacial score (nSPS) is 10.6. The highest BCUT2D eigenvalue weighted by molar-refractivity contribution is 6.10. The molecule has 3 rings (SSSR count). The molecule has 0 fully saturated rings. The molecule has 0 spiro atoms. The van der Waals surface area contributed by atoms with E-state index in [1.165, 1.54) is 67.8 Å². The van der Waals surface area contributed by atoms with Crippen LogP contribution in [-0.4, -0.2) is 28.8 Å². The van der Waals surface area contributed by atoms with Crippen molar-refractivity contribution in [3.05, 3.63) is 104 Å². The summed E-state index contributed by atoms with van der Waals surface area (Å²) in [6.07, 6.45) is 1.27. The van der Waals surface area contributed by atoms with Gasteiger partial charge >= 0.3 is 5.97 Å². The van der Waals surface area contributed by atoms with Gasteiger partial charge in [0.15, 0.2) is 0 Å². The standard InChI is InChI=1S/C24H16N4O8/c1-35-22-10-7-19(28(33)34)13-21(22)26-23(29)17(14-25)11-15-5-8-20(9-6-15)36-24(30)16-3-2-4-18(12-16)27(31)32/h2-13H,1H3,(H,26,29)/b17-11+. The number of hydrogen-bond donors (Lipinski definition) is 1. The van der Waals surface area contributed by atoms with Crippen LogP contribution in [0, 0.1) is 31.6 Å². The zero-order valence-electron chi connectivity index (χ0n) is 18.5. The number of anilines is 1. The zero-order chi connectivity index (χ0) is 26.2. The van der Waals surface area contributed by atoms with Gasteiger partial charge in [-0.15, -0.1) is 0 Å². The third kappa shape index (κ3) is 6.06. The summed E-state index contributed by atoms with van der Waals surface area (Å²) in [5.41, 5.74) is -0.402. The molecule has 0 bridgehead atoms. The topological polar surface area (TPSA) is 175 Å². The number of nitro benzene ring substituents is 2. The van der Waals surface area contributed by atoms with E-state index >= 15 is 0 Å². The zero-order valence-corrected chi connectivity index (χ0v) is 18.5. The number of hydrogen-bond acceptors (Lipinski definition) is 9. The number of non-ortho nitro benzene ring substituents is 2. The number of nitro groups is 2. The first kappa shape index (κ1) is 25.1. The molecule has 1 amide bonds. The van der Waals surface area contributed by atoms with Crippen LogP contribution in [-0.2, 0) is 4.79 Å². The third-order valence-electron chi connectivity index (χ3n) is 4.70. The van der Waals surface area contributed by atoms with E-state index in [-0.39, 0.29) is 39.7 Å². The Morgan fingerprint density at radius 2 is 1.64 bits per heavy atom. The molecule has 12 heteroatoms. The number of ether oxygens (including phenoxy) is 2. The van der Waals surface area contributed by atoms with Gasteiger partial charge in [0.25, 0.3) is 17.3 Å². The van der Waals surface area contributed by atoms with Crippen molar-refractivity contribution in [2.75, 3.05) is 12.4 Å². The number of benzene rings is 3. The van der Waals surface area contributed by atoms with Gasteiger partial charge in [-0.1, -0.05) is 18.2 Å². The van der Waals surface area contributed by atoms with Crippen LogP contribution in [0.4, 0.5) is 17.1 Å². The van der Waals surface area contributed by atoms with Crippen LogP contribution in [0.1, 0.15) is 15.9 Å². The summed E-state index contributed by atoms with van der Waals surface area (Å²) < 4.78 is 10.3. The van der Waals surface area contributed by atoms with Crippen molar-refractivity contribution >= 4 is 35.0 Å². The van der Waals surface area contributed by atoms with Crippen LogP contribution in [0.3, 0.4) is 0 Å². The summed E-state index contributed by atoms with van der Waals surface area (Å²) in [7, 11) is 1.32. The molecule has 0 atom stereocenters. The first-order chi connectivity index (χ1) is 17.2. The Balaban J connectivity index is 1.74. The van der Waals surface area contributed by atoms with Crippen molar-refractivity contribution in [2.24, 2.45) is 0 Å². The van der Waals surface area contributed by atoms with E-state index in [2.05, 4.69) is 5.32 Å². The lowest BCUT2D eigenvalue weighted by molar-refractivity contribution is -0.385. The van der Waals surface area contributed by atoms with Gasteiger partial charge in [0.1, 0.15) is 23.1 Å². The third-order valence-corrected chi connectivity index (χ3v) is 4.70. The number of methoxy groups -OCH3 is 1. The van der Waals surface area contributed by atoms with Crippen LogP contribution in [0.25, 0.3) is 6.08 Å². The Kier molecular flexibility index (Phi) is 7.68. The Morgan fingerprint density at radius 3 is 2.25 bits per heavy atom. The summed E-state index contributed by atoms with van der Waals surface area (Å²) in [4.78, 5) is 45.5. The van der Waals surface area contributed by atoms with Gasteiger partial charge in [0.2, 0.25) is 0 Å². The van der Waals surface area contributed by atoms with Crippen molar-refractivity contribution in [3.8, 4) is 17.6 Å². The van der Waals surface area contributed by atoms with Crippen molar-refractivity contribution in [3.63, 3.8) is 0 Å². The molecule has 12 nitrogen and oxygen atoms in total. The van der Waals surface area contributed by atoms with E-state index in [1.807, 2.05) is 0 Å². The fraction of sp³-hybridized carbons (Fsp3) is 0.0417. The predicted octanol–water partition coefficient (Wildman–Crippen LogP) is 4.28. The summed E-state index contributed by atoms with van der Waals surface area (Å²) >= 11 is 0. The number of esters is 1. The number of nitrogens with one attached hydrogen (secondary N) is 1. The van der Waals surface area contributed by atoms with Gasteiger partial charge in [-0.25, -0.2) is 4.79 Å². The van der Waals surface area contributed by atoms with E-state index in [0.29, 0.717) is 5.56 Å². The average Bonchev–Trinajstić information content (AvgIpc) is 2.88. The van der Waals surface area contributed by atoms with Crippen molar-refractivity contribution in [1.82, 2.24) is 0 Å². The number of rotatable bonds is 8. The molecular formula is C24H16N4O8. The Bertz CT molecular complexity index is 1420. The summed E-state index contributed by atoms with van der Waals surface area (Å²) in [5.74, 6) is -1.32. The molecule has 1 N–H and O–H groups in total. The van der Waals surface area contributed by atoms with Gasteiger partial charge in [-0.2, -0.15) is 5.26 Å². The molecule has 0 saturated heterocycles. The SMILES string of the molecule is COc1ccc([N+](=O)[O-])cc1NC(=O)/C(C#N)=C/c1ccc(OC(=O)c2cccc([N+](=O)[O-])c2)cc1. The largest absolute Gasteiger partial charge is 0.495 e. The lowest BCUT2D eigenvalue weighted by Crippen LogP contribution is -2.14. The smallest absolute Gasteiger partial charge is 0.343 e. The highest BCUT2D eigenvalue weighted by Gasteiger charge is 2.17. The minimum Gasteiger partial charge on any atom is -0.495 e. The summed E-state index contributed by atoms with van der Waals surface area (Å²) in [5, 5.41) is 33.7. The Labute approximate surface area is 203 Å². The monoisotopic (exact) mass is 488 g/mol. The molecule has 36 heavy (non-hydrogen) atoms. The summed E-state index contributed by atoms with van der Waals surface area (Å²) in [6.45, 7) is 0. The minimum absolute atomic E-state index is 0.00631. The highest BCUT2D eigenvalue weighted by atomic mass is 16.6. The van der Waals surface area contributed by atoms with Gasteiger partial charge in [-0.3, -0.25) is 25.0 Å². The van der Waals surface area contributed by atoms with Crippen LogP contribution < -0.4 is 14.8 Å². The van der Waals surface area contributed by atoms with Crippen LogP contribution in [0.15, 0.2) is 72.3 Å². The second kappa shape index (κ2) is 11.0. The van der Waals surface area contributed by atoms with E-state index in [9.17, 15) is 35.1 Å². The number of nitriles is 1. The molecular weight excluding hydrogens is 472 g/mol. The lowest BCUT2D eigenvalue weighted by atomic mass is 10.1. The maximum absolute atomic E-state index is 12.6. The molecule has 0 radical (unpaired) electrons. The number of amides is 1. The van der Waals surface area contributed by atoms with Gasteiger partial charge in [-0.05, 0) is 35.9 Å². The molecule has 0 aromatic heterocycles. The Hall–Kier alpha value is -5.57. The van der Waals surface area contributed by atoms with Crippen molar-refractivity contribution in [1.29, 1.82) is 5.26 Å². The fourth-order valence-electron chi connectivity index (χ4n) is 2.96. The molecule has 0 aliphatic carbocycles. The number of carbonyl (C=O) groups is 2. The molecule has 0 aliphatic rings. The molecule has 180 valence electrons. The predicted molar refractivity (Wildman–Crippen MR) is 126 cm³/mol. The Morgan fingerprint density at radius 1 is 0.972 bits per heavy atom. The van der Waals surface area contributed by atoms with Crippen LogP contribution in [0.2, 0.25) is 0 Å². The highest BCUT2D eigenvalue weighted by Crippen LogP contribution is 2.29. The second-order valence-corrected chi connectivity index (χ2v) is 7.03. The number of carbonyl (C=O) groups excluding carboxylic acids is 2. The molecule has 0 unspecified atom stereocenters. The van der Waals surface area contributed by atoms with Crippen LogP contribution >= 0.6 is 0 Å². The van der Waals surface area contributed by atoms with Gasteiger partial charge in [0.05, 0.1) is 28.2 Å². The molecule has 0 heterocycles. The quantitative estimate of drug-likeness (QED) is 0.121. The average molecular weight is 488 g/mol. The fourth-order valence-corrected chi connectivity index (χ4v) is 2.96. The van der Waals surface area contributed by atoms with E-state index in [0.717, 1.165) is 12.1 Å².